The van der Waals surface area contributed by atoms with E-state index in [0.717, 1.165) is 30.9 Å². The van der Waals surface area contributed by atoms with E-state index < -0.39 is 0 Å². The van der Waals surface area contributed by atoms with Crippen LogP contribution in [-0.2, 0) is 4.74 Å². The molecular weight excluding hydrogens is 286 g/mol. The molecule has 0 N–H and O–H groups in total. The summed E-state index contributed by atoms with van der Waals surface area (Å²) < 4.78 is 5.42. The van der Waals surface area contributed by atoms with E-state index >= 15 is 0 Å². The van der Waals surface area contributed by atoms with Crippen LogP contribution in [0.5, 0.6) is 0 Å². The number of esters is 1. The summed E-state index contributed by atoms with van der Waals surface area (Å²) in [6, 6.07) is 5.89. The third kappa shape index (κ3) is 3.21. The van der Waals surface area contributed by atoms with Gasteiger partial charge in [0.15, 0.2) is 5.82 Å². The molecule has 1 aliphatic rings. The minimum atomic E-state index is -0.252. The van der Waals surface area contributed by atoms with Crippen LogP contribution in [-0.4, -0.2) is 35.4 Å². The van der Waals surface area contributed by atoms with Crippen LogP contribution >= 0.6 is 11.3 Å². The SMILES string of the molecule is Cc1ccc(N2CCC[C@H]2COC(=O)c2ccsc2)nn1. The highest BCUT2D eigenvalue weighted by Gasteiger charge is 2.27. The summed E-state index contributed by atoms with van der Waals surface area (Å²) in [6.45, 7) is 3.24. The highest BCUT2D eigenvalue weighted by molar-refractivity contribution is 7.08. The Bertz CT molecular complexity index is 598. The van der Waals surface area contributed by atoms with Crippen molar-refractivity contribution in [3.63, 3.8) is 0 Å². The highest BCUT2D eigenvalue weighted by Crippen LogP contribution is 2.23. The first-order valence-electron chi connectivity index (χ1n) is 7.00. The van der Waals surface area contributed by atoms with Crippen molar-refractivity contribution in [1.29, 1.82) is 0 Å². The molecule has 1 saturated heterocycles. The number of rotatable bonds is 4. The minimum Gasteiger partial charge on any atom is -0.460 e. The van der Waals surface area contributed by atoms with Crippen molar-refractivity contribution >= 4 is 23.1 Å². The molecule has 2 aromatic heterocycles. The molecule has 21 heavy (non-hydrogen) atoms. The maximum Gasteiger partial charge on any atom is 0.339 e. The predicted octanol–water partition coefficient (Wildman–Crippen LogP) is 2.67. The van der Waals surface area contributed by atoms with Gasteiger partial charge in [0.2, 0.25) is 0 Å². The largest absolute Gasteiger partial charge is 0.460 e. The van der Waals surface area contributed by atoms with Crippen LogP contribution in [0, 0.1) is 6.92 Å². The Kier molecular flexibility index (Phi) is 4.15. The van der Waals surface area contributed by atoms with Gasteiger partial charge in [-0.15, -0.1) is 5.10 Å². The number of ether oxygens (including phenoxy) is 1. The first-order chi connectivity index (χ1) is 10.2. The van der Waals surface area contributed by atoms with Crippen LogP contribution in [0.3, 0.4) is 0 Å². The monoisotopic (exact) mass is 303 g/mol. The van der Waals surface area contributed by atoms with Gasteiger partial charge in [-0.3, -0.25) is 0 Å². The van der Waals surface area contributed by atoms with E-state index in [4.69, 9.17) is 4.74 Å². The van der Waals surface area contributed by atoms with E-state index in [0.29, 0.717) is 12.2 Å². The van der Waals surface area contributed by atoms with Gasteiger partial charge in [0.1, 0.15) is 6.61 Å². The van der Waals surface area contributed by atoms with Gasteiger partial charge in [0, 0.05) is 11.9 Å². The van der Waals surface area contributed by atoms with Crippen LogP contribution in [0.1, 0.15) is 28.9 Å². The molecule has 0 aromatic carbocycles. The van der Waals surface area contributed by atoms with Gasteiger partial charge in [-0.2, -0.15) is 16.4 Å². The Balaban J connectivity index is 1.62. The van der Waals surface area contributed by atoms with Gasteiger partial charge in [0.05, 0.1) is 17.3 Å². The first-order valence-corrected chi connectivity index (χ1v) is 7.94. The van der Waals surface area contributed by atoms with E-state index in [2.05, 4.69) is 15.1 Å². The number of hydrogen-bond acceptors (Lipinski definition) is 6. The minimum absolute atomic E-state index is 0.185. The Hall–Kier alpha value is -1.95. The number of aromatic nitrogens is 2. The molecular formula is C15H17N3O2S. The maximum atomic E-state index is 11.9. The molecule has 1 atom stereocenters. The molecule has 6 heteroatoms. The fraction of sp³-hybridized carbons (Fsp3) is 0.400. The highest BCUT2D eigenvalue weighted by atomic mass is 32.1. The Morgan fingerprint density at radius 1 is 1.43 bits per heavy atom. The van der Waals surface area contributed by atoms with Crippen LogP contribution in [0.25, 0.3) is 0 Å². The molecule has 2 aromatic rings. The zero-order chi connectivity index (χ0) is 14.7. The molecule has 0 radical (unpaired) electrons. The molecule has 5 nitrogen and oxygen atoms in total. The van der Waals surface area contributed by atoms with E-state index in [1.54, 1.807) is 11.4 Å². The first kappa shape index (κ1) is 14.0. The summed E-state index contributed by atoms with van der Waals surface area (Å²) in [6.07, 6.45) is 2.09. The number of hydrogen-bond donors (Lipinski definition) is 0. The lowest BCUT2D eigenvalue weighted by Gasteiger charge is -2.24. The van der Waals surface area contributed by atoms with Crippen LogP contribution in [0.15, 0.2) is 29.0 Å². The summed E-state index contributed by atoms with van der Waals surface area (Å²) in [5.41, 5.74) is 1.53. The summed E-state index contributed by atoms with van der Waals surface area (Å²) in [7, 11) is 0. The smallest absolute Gasteiger partial charge is 0.339 e. The summed E-state index contributed by atoms with van der Waals surface area (Å²) in [5, 5.41) is 12.0. The molecule has 0 amide bonds. The predicted molar refractivity (Wildman–Crippen MR) is 81.7 cm³/mol. The number of thiophene rings is 1. The number of carbonyl (C=O) groups excluding carboxylic acids is 1. The van der Waals surface area contributed by atoms with Gasteiger partial charge in [0.25, 0.3) is 0 Å². The lowest BCUT2D eigenvalue weighted by molar-refractivity contribution is 0.0483. The fourth-order valence-electron chi connectivity index (χ4n) is 2.49. The average Bonchev–Trinajstić information content (AvgIpc) is 3.17. The quantitative estimate of drug-likeness (QED) is 0.813. The van der Waals surface area contributed by atoms with Gasteiger partial charge in [-0.05, 0) is 43.3 Å². The summed E-state index contributed by atoms with van der Waals surface area (Å²) in [4.78, 5) is 14.1. The molecule has 1 fully saturated rings. The van der Waals surface area contributed by atoms with Gasteiger partial charge in [-0.1, -0.05) is 0 Å². The lowest BCUT2D eigenvalue weighted by Crippen LogP contribution is -2.34. The molecule has 3 rings (SSSR count). The standard InChI is InChI=1S/C15H17N3O2S/c1-11-4-5-14(17-16-11)18-7-2-3-13(18)9-20-15(19)12-6-8-21-10-12/h4-6,8,10,13H,2-3,7,9H2,1H3/t13-/m0/s1. The second-order valence-corrected chi connectivity index (χ2v) is 5.91. The zero-order valence-corrected chi connectivity index (χ0v) is 12.7. The van der Waals surface area contributed by atoms with Crippen LogP contribution < -0.4 is 4.90 Å². The van der Waals surface area contributed by atoms with Gasteiger partial charge < -0.3 is 9.64 Å². The maximum absolute atomic E-state index is 11.9. The van der Waals surface area contributed by atoms with Crippen molar-refractivity contribution in [2.24, 2.45) is 0 Å². The topological polar surface area (TPSA) is 55.3 Å². The molecule has 0 spiro atoms. The van der Waals surface area contributed by atoms with Gasteiger partial charge >= 0.3 is 5.97 Å². The van der Waals surface area contributed by atoms with E-state index in [1.165, 1.54) is 11.3 Å². The fourth-order valence-corrected chi connectivity index (χ4v) is 3.12. The van der Waals surface area contributed by atoms with Crippen molar-refractivity contribution < 1.29 is 9.53 Å². The summed E-state index contributed by atoms with van der Waals surface area (Å²) >= 11 is 1.50. The van der Waals surface area contributed by atoms with Crippen LogP contribution in [0.2, 0.25) is 0 Å². The number of nitrogens with zero attached hydrogens (tertiary/aromatic N) is 3. The molecule has 3 heterocycles. The molecule has 0 bridgehead atoms. The Labute approximate surface area is 127 Å². The van der Waals surface area contributed by atoms with E-state index in [1.807, 2.05) is 24.4 Å². The van der Waals surface area contributed by atoms with Crippen molar-refractivity contribution in [2.75, 3.05) is 18.1 Å². The second kappa shape index (κ2) is 6.22. The molecule has 1 aliphatic heterocycles. The third-order valence-corrected chi connectivity index (χ3v) is 4.30. The zero-order valence-electron chi connectivity index (χ0n) is 11.9. The summed E-state index contributed by atoms with van der Waals surface area (Å²) in [5.74, 6) is 0.604. The van der Waals surface area contributed by atoms with Gasteiger partial charge in [-0.25, -0.2) is 4.79 Å². The number of carbonyl (C=O) groups is 1. The van der Waals surface area contributed by atoms with E-state index in [9.17, 15) is 4.79 Å². The van der Waals surface area contributed by atoms with Crippen molar-refractivity contribution in [3.05, 3.63) is 40.2 Å². The normalized spacial score (nSPS) is 18.0. The molecule has 0 aliphatic carbocycles. The van der Waals surface area contributed by atoms with E-state index in [-0.39, 0.29) is 12.0 Å². The Morgan fingerprint density at radius 2 is 2.33 bits per heavy atom. The molecule has 110 valence electrons. The third-order valence-electron chi connectivity index (χ3n) is 3.62. The second-order valence-electron chi connectivity index (χ2n) is 5.13. The lowest BCUT2D eigenvalue weighted by atomic mass is 10.2. The van der Waals surface area contributed by atoms with Crippen molar-refractivity contribution in [2.45, 2.75) is 25.8 Å². The molecule has 0 unspecified atom stereocenters. The van der Waals surface area contributed by atoms with Crippen molar-refractivity contribution in [1.82, 2.24) is 10.2 Å². The Morgan fingerprint density at radius 3 is 3.05 bits per heavy atom. The molecule has 0 saturated carbocycles. The van der Waals surface area contributed by atoms with Crippen molar-refractivity contribution in [3.8, 4) is 0 Å². The van der Waals surface area contributed by atoms with Crippen LogP contribution in [0.4, 0.5) is 5.82 Å². The average molecular weight is 303 g/mol. The number of anilines is 1. The number of aryl methyl sites for hydroxylation is 1.